The number of hydrazone groups is 1. The van der Waals surface area contributed by atoms with Gasteiger partial charge in [0, 0.05) is 21.3 Å². The van der Waals surface area contributed by atoms with Crippen molar-refractivity contribution in [3.05, 3.63) is 63.3 Å². The van der Waals surface area contributed by atoms with E-state index in [1.807, 2.05) is 19.9 Å². The van der Waals surface area contributed by atoms with Crippen LogP contribution >= 0.6 is 28.1 Å². The number of carbonyl (C=O) groups excluding carboxylic acids is 2. The second kappa shape index (κ2) is 14.5. The Hall–Kier alpha value is -3.64. The summed E-state index contributed by atoms with van der Waals surface area (Å²) in [5, 5.41) is 10.5. The molecule has 39 heavy (non-hydrogen) atoms. The first-order valence-corrected chi connectivity index (χ1v) is 13.6. The van der Waals surface area contributed by atoms with Gasteiger partial charge in [-0.3, -0.25) is 4.79 Å². The number of hydrogen-bond acceptors (Lipinski definition) is 8. The number of esters is 1. The Kier molecular flexibility index (Phi) is 11.1. The van der Waals surface area contributed by atoms with E-state index >= 15 is 0 Å². The highest BCUT2D eigenvalue weighted by molar-refractivity contribution is 9.10. The Morgan fingerprint density at radius 1 is 1.05 bits per heavy atom. The average Bonchev–Trinajstić information content (AvgIpc) is 2.90. The third-order valence-electron chi connectivity index (χ3n) is 5.41. The molecule has 0 aromatic heterocycles. The molecule has 0 aliphatic carbocycles. The number of para-hydroxylation sites is 1. The van der Waals surface area contributed by atoms with E-state index in [0.717, 1.165) is 4.47 Å². The number of amides is 1. The second-order valence-corrected chi connectivity index (χ2v) is 9.36. The molecule has 0 spiro atoms. The molecular weight excluding hydrogens is 588 g/mol. The maximum atomic E-state index is 12.7. The Morgan fingerprint density at radius 2 is 1.74 bits per heavy atom. The van der Waals surface area contributed by atoms with E-state index in [2.05, 4.69) is 37.1 Å². The lowest BCUT2D eigenvalue weighted by atomic mass is 9.95. The van der Waals surface area contributed by atoms with E-state index in [1.165, 1.54) is 6.21 Å². The van der Waals surface area contributed by atoms with Crippen molar-refractivity contribution >= 4 is 51.4 Å². The third kappa shape index (κ3) is 7.93. The zero-order valence-electron chi connectivity index (χ0n) is 22.1. The van der Waals surface area contributed by atoms with E-state index < -0.39 is 17.9 Å². The summed E-state index contributed by atoms with van der Waals surface area (Å²) < 4.78 is 23.1. The molecule has 2 aromatic carbocycles. The molecule has 1 aliphatic rings. The first kappa shape index (κ1) is 29.9. The number of carbonyl (C=O) groups is 2. The maximum absolute atomic E-state index is 12.7. The number of benzene rings is 2. The minimum absolute atomic E-state index is 0.228. The van der Waals surface area contributed by atoms with Gasteiger partial charge >= 0.3 is 5.97 Å². The summed E-state index contributed by atoms with van der Waals surface area (Å²) >= 11 is 8.80. The fourth-order valence-corrected chi connectivity index (χ4v) is 4.49. The van der Waals surface area contributed by atoms with Gasteiger partial charge in [-0.1, -0.05) is 18.2 Å². The molecule has 0 bridgehead atoms. The van der Waals surface area contributed by atoms with Crippen molar-refractivity contribution in [3.63, 3.8) is 0 Å². The highest BCUT2D eigenvalue weighted by atomic mass is 79.9. The van der Waals surface area contributed by atoms with Crippen LogP contribution in [0.15, 0.2) is 57.2 Å². The SMILES string of the molecule is CCOC(=O)C1=C(C)NC(=S)N[C@@H]1c1ccccc1OCC(=O)NN=Cc1cc(OCC)c(OCC)cc1Br. The zero-order valence-corrected chi connectivity index (χ0v) is 24.5. The smallest absolute Gasteiger partial charge is 0.338 e. The van der Waals surface area contributed by atoms with Crippen molar-refractivity contribution in [2.24, 2.45) is 5.10 Å². The predicted molar refractivity (Wildman–Crippen MR) is 155 cm³/mol. The molecule has 1 heterocycles. The number of halogens is 1. The van der Waals surface area contributed by atoms with Gasteiger partial charge in [0.25, 0.3) is 5.91 Å². The maximum Gasteiger partial charge on any atom is 0.338 e. The first-order valence-electron chi connectivity index (χ1n) is 12.4. The molecule has 208 valence electrons. The summed E-state index contributed by atoms with van der Waals surface area (Å²) in [6.45, 7) is 8.16. The molecule has 10 nitrogen and oxygen atoms in total. The number of nitrogens with one attached hydrogen (secondary N) is 3. The molecule has 0 radical (unpaired) electrons. The van der Waals surface area contributed by atoms with Crippen LogP contribution in [-0.4, -0.2) is 49.6 Å². The molecule has 1 amide bonds. The van der Waals surface area contributed by atoms with Gasteiger partial charge in [-0.2, -0.15) is 5.10 Å². The summed E-state index contributed by atoms with van der Waals surface area (Å²) in [7, 11) is 0. The highest BCUT2D eigenvalue weighted by Crippen LogP contribution is 2.34. The van der Waals surface area contributed by atoms with Crippen LogP contribution in [0, 0.1) is 0 Å². The lowest BCUT2D eigenvalue weighted by molar-refractivity contribution is -0.139. The van der Waals surface area contributed by atoms with Crippen molar-refractivity contribution < 1.29 is 28.5 Å². The van der Waals surface area contributed by atoms with Crippen molar-refractivity contribution in [1.29, 1.82) is 0 Å². The van der Waals surface area contributed by atoms with Gasteiger partial charge in [-0.25, -0.2) is 10.2 Å². The van der Waals surface area contributed by atoms with Crippen LogP contribution < -0.4 is 30.3 Å². The van der Waals surface area contributed by atoms with Gasteiger partial charge in [-0.15, -0.1) is 0 Å². The molecule has 0 saturated carbocycles. The van der Waals surface area contributed by atoms with Gasteiger partial charge in [-0.05, 0) is 74.0 Å². The van der Waals surface area contributed by atoms with E-state index in [0.29, 0.717) is 58.0 Å². The third-order valence-corrected chi connectivity index (χ3v) is 6.32. The number of nitrogens with zero attached hydrogens (tertiary/aromatic N) is 1. The quantitative estimate of drug-likeness (QED) is 0.140. The number of ether oxygens (including phenoxy) is 4. The van der Waals surface area contributed by atoms with Gasteiger partial charge in [0.15, 0.2) is 23.2 Å². The molecule has 1 atom stereocenters. The average molecular weight is 620 g/mol. The van der Waals surface area contributed by atoms with E-state index in [9.17, 15) is 9.59 Å². The normalized spacial score (nSPS) is 14.9. The van der Waals surface area contributed by atoms with Gasteiger partial charge in [0.05, 0.1) is 37.7 Å². The number of thiocarbonyl (C=S) groups is 1. The van der Waals surface area contributed by atoms with Crippen molar-refractivity contribution in [1.82, 2.24) is 16.1 Å². The molecule has 12 heteroatoms. The topological polar surface area (TPSA) is 120 Å². The number of allylic oxidation sites excluding steroid dienone is 1. The highest BCUT2D eigenvalue weighted by Gasteiger charge is 2.32. The fraction of sp³-hybridized carbons (Fsp3) is 0.333. The van der Waals surface area contributed by atoms with Crippen LogP contribution in [-0.2, 0) is 14.3 Å². The summed E-state index contributed by atoms with van der Waals surface area (Å²) in [5.41, 5.74) is 4.73. The van der Waals surface area contributed by atoms with Crippen LogP contribution in [0.4, 0.5) is 0 Å². The van der Waals surface area contributed by atoms with Crippen LogP contribution in [0.1, 0.15) is 44.9 Å². The number of hydrogen-bond donors (Lipinski definition) is 3. The molecule has 0 saturated heterocycles. The van der Waals surface area contributed by atoms with Crippen molar-refractivity contribution in [3.8, 4) is 17.2 Å². The Labute approximate surface area is 241 Å². The van der Waals surface area contributed by atoms with Gasteiger partial charge in [0.1, 0.15) is 5.75 Å². The summed E-state index contributed by atoms with van der Waals surface area (Å²) in [6, 6.07) is 10.0. The monoisotopic (exact) mass is 618 g/mol. The largest absolute Gasteiger partial charge is 0.490 e. The summed E-state index contributed by atoms with van der Waals surface area (Å²) in [5.74, 6) is 0.646. The molecule has 2 aromatic rings. The summed E-state index contributed by atoms with van der Waals surface area (Å²) in [4.78, 5) is 25.2. The second-order valence-electron chi connectivity index (χ2n) is 8.10. The molecule has 3 rings (SSSR count). The lowest BCUT2D eigenvalue weighted by Gasteiger charge is -2.30. The standard InChI is InChI=1S/C27H31BrN4O6S/c1-5-35-21-12-17(19(28)13-22(21)36-6-2)14-29-32-23(33)15-38-20-11-9-8-10-18(20)25-24(26(34)37-7-3)16(4)30-27(39)31-25/h8-14,25H,5-7,15H2,1-4H3,(H,32,33)(H2,30,31,39)/t25-/m1/s1. The molecule has 0 unspecified atom stereocenters. The number of rotatable bonds is 12. The van der Waals surface area contributed by atoms with Gasteiger partial charge in [0.2, 0.25) is 0 Å². The van der Waals surface area contributed by atoms with E-state index in [4.69, 9.17) is 31.2 Å². The Morgan fingerprint density at radius 3 is 2.44 bits per heavy atom. The van der Waals surface area contributed by atoms with Crippen LogP contribution in [0.3, 0.4) is 0 Å². The molecular formula is C27H31BrN4O6S. The lowest BCUT2D eigenvalue weighted by Crippen LogP contribution is -2.45. The summed E-state index contributed by atoms with van der Waals surface area (Å²) in [6.07, 6.45) is 1.49. The first-order chi connectivity index (χ1) is 18.8. The minimum Gasteiger partial charge on any atom is -0.490 e. The predicted octanol–water partition coefficient (Wildman–Crippen LogP) is 4.13. The Bertz CT molecular complexity index is 1280. The zero-order chi connectivity index (χ0) is 28.4. The van der Waals surface area contributed by atoms with E-state index in [-0.39, 0.29) is 13.2 Å². The minimum atomic E-state index is -0.619. The van der Waals surface area contributed by atoms with Crippen LogP contribution in [0.5, 0.6) is 17.2 Å². The van der Waals surface area contributed by atoms with Crippen LogP contribution in [0.2, 0.25) is 0 Å². The van der Waals surface area contributed by atoms with E-state index in [1.54, 1.807) is 44.2 Å². The molecule has 3 N–H and O–H groups in total. The van der Waals surface area contributed by atoms with Crippen LogP contribution in [0.25, 0.3) is 0 Å². The molecule has 1 aliphatic heterocycles. The molecule has 0 fully saturated rings. The van der Waals surface area contributed by atoms with Crippen molar-refractivity contribution in [2.75, 3.05) is 26.4 Å². The van der Waals surface area contributed by atoms with Crippen molar-refractivity contribution in [2.45, 2.75) is 33.7 Å². The van der Waals surface area contributed by atoms with Gasteiger partial charge < -0.3 is 29.6 Å². The fourth-order valence-electron chi connectivity index (χ4n) is 3.79. The Balaban J connectivity index is 1.71.